The SMILES string of the molecule is CN=C(NCc1ccc(N2CCNC(=O)C2)cc1)NC(C)c1ccc(OCC(C)C)cc1.I. The quantitative estimate of drug-likeness (QED) is 0.259. The first-order valence-electron chi connectivity index (χ1n) is 11.2. The van der Waals surface area contributed by atoms with Gasteiger partial charge >= 0.3 is 0 Å². The van der Waals surface area contributed by atoms with E-state index in [1.807, 2.05) is 12.1 Å². The summed E-state index contributed by atoms with van der Waals surface area (Å²) in [6.07, 6.45) is 0. The van der Waals surface area contributed by atoms with Gasteiger partial charge in [0.1, 0.15) is 5.75 Å². The number of nitrogens with one attached hydrogen (secondary N) is 3. The molecule has 2 aromatic carbocycles. The van der Waals surface area contributed by atoms with Gasteiger partial charge in [-0.2, -0.15) is 0 Å². The molecule has 1 heterocycles. The number of hydrogen-bond donors (Lipinski definition) is 3. The molecule has 0 aromatic heterocycles. The largest absolute Gasteiger partial charge is 0.493 e. The Labute approximate surface area is 214 Å². The standard InChI is InChI=1S/C25H35N5O2.HI/c1-18(2)17-32-23-11-7-21(8-12-23)19(3)29-25(26-4)28-15-20-5-9-22(10-6-20)30-14-13-27-24(31)16-30;/h5-12,18-19H,13-17H2,1-4H3,(H,27,31)(H2,26,28,29);1H. The smallest absolute Gasteiger partial charge is 0.239 e. The third-order valence-electron chi connectivity index (χ3n) is 5.34. The van der Waals surface area contributed by atoms with Crippen LogP contribution in [0.1, 0.15) is 37.9 Å². The van der Waals surface area contributed by atoms with Gasteiger partial charge < -0.3 is 25.6 Å². The van der Waals surface area contributed by atoms with Gasteiger partial charge in [-0.1, -0.05) is 38.1 Å². The summed E-state index contributed by atoms with van der Waals surface area (Å²) in [5.74, 6) is 2.22. The van der Waals surface area contributed by atoms with Crippen LogP contribution in [0.15, 0.2) is 53.5 Å². The molecule has 0 spiro atoms. The Morgan fingerprint density at radius 2 is 1.82 bits per heavy atom. The van der Waals surface area contributed by atoms with Gasteiger partial charge in [-0.3, -0.25) is 9.79 Å². The summed E-state index contributed by atoms with van der Waals surface area (Å²) in [5.41, 5.74) is 3.39. The maximum Gasteiger partial charge on any atom is 0.239 e. The van der Waals surface area contributed by atoms with E-state index in [0.717, 1.165) is 36.1 Å². The summed E-state index contributed by atoms with van der Waals surface area (Å²) >= 11 is 0. The van der Waals surface area contributed by atoms with Crippen molar-refractivity contribution in [3.63, 3.8) is 0 Å². The second kappa shape index (κ2) is 13.3. The van der Waals surface area contributed by atoms with Crippen LogP contribution in [0.5, 0.6) is 5.75 Å². The second-order valence-corrected chi connectivity index (χ2v) is 8.50. The molecular weight excluding hydrogens is 529 g/mol. The lowest BCUT2D eigenvalue weighted by Crippen LogP contribution is -2.47. The molecule has 0 radical (unpaired) electrons. The van der Waals surface area contributed by atoms with E-state index in [0.29, 0.717) is 25.6 Å². The van der Waals surface area contributed by atoms with Crippen molar-refractivity contribution in [1.29, 1.82) is 0 Å². The zero-order valence-corrected chi connectivity index (χ0v) is 22.3. The van der Waals surface area contributed by atoms with Crippen molar-refractivity contribution < 1.29 is 9.53 Å². The minimum Gasteiger partial charge on any atom is -0.493 e. The van der Waals surface area contributed by atoms with Gasteiger partial charge in [0.25, 0.3) is 0 Å². The van der Waals surface area contributed by atoms with Gasteiger partial charge in [0.15, 0.2) is 5.96 Å². The van der Waals surface area contributed by atoms with Gasteiger partial charge in [0.2, 0.25) is 5.91 Å². The molecule has 1 amide bonds. The Kier molecular flexibility index (Phi) is 10.8. The molecule has 0 saturated carbocycles. The van der Waals surface area contributed by atoms with Crippen molar-refractivity contribution >= 4 is 41.5 Å². The third kappa shape index (κ3) is 8.42. The fraction of sp³-hybridized carbons (Fsp3) is 0.440. The van der Waals surface area contributed by atoms with Gasteiger partial charge in [0, 0.05) is 32.4 Å². The number of anilines is 1. The third-order valence-corrected chi connectivity index (χ3v) is 5.34. The van der Waals surface area contributed by atoms with Crippen LogP contribution in [0.25, 0.3) is 0 Å². The number of aliphatic imine (C=N–C) groups is 1. The number of guanidine groups is 1. The highest BCUT2D eigenvalue weighted by Crippen LogP contribution is 2.19. The van der Waals surface area contributed by atoms with Gasteiger partial charge in [-0.15, -0.1) is 24.0 Å². The Bertz CT molecular complexity index is 900. The van der Waals surface area contributed by atoms with Crippen LogP contribution in [0.2, 0.25) is 0 Å². The Morgan fingerprint density at radius 3 is 2.42 bits per heavy atom. The van der Waals surface area contributed by atoms with Crippen molar-refractivity contribution in [2.75, 3.05) is 38.2 Å². The molecule has 2 aromatic rings. The number of amides is 1. The second-order valence-electron chi connectivity index (χ2n) is 8.50. The summed E-state index contributed by atoms with van der Waals surface area (Å²) in [6.45, 7) is 9.72. The molecule has 3 rings (SSSR count). The van der Waals surface area contributed by atoms with E-state index in [1.165, 1.54) is 5.56 Å². The minimum atomic E-state index is 0. The number of halogens is 1. The predicted octanol–water partition coefficient (Wildman–Crippen LogP) is 3.70. The highest BCUT2D eigenvalue weighted by atomic mass is 127. The molecule has 1 saturated heterocycles. The number of benzene rings is 2. The average molecular weight is 566 g/mol. The summed E-state index contributed by atoms with van der Waals surface area (Å²) in [7, 11) is 1.77. The van der Waals surface area contributed by atoms with Crippen LogP contribution in [0.4, 0.5) is 5.69 Å². The van der Waals surface area contributed by atoms with Crippen molar-refractivity contribution in [2.24, 2.45) is 10.9 Å². The lowest BCUT2D eigenvalue weighted by Gasteiger charge is -2.28. The molecule has 180 valence electrons. The molecular formula is C25H36IN5O2. The molecule has 1 unspecified atom stereocenters. The lowest BCUT2D eigenvalue weighted by atomic mass is 10.1. The molecule has 1 aliphatic rings. The van der Waals surface area contributed by atoms with E-state index in [-0.39, 0.29) is 35.9 Å². The van der Waals surface area contributed by atoms with E-state index >= 15 is 0 Å². The summed E-state index contributed by atoms with van der Waals surface area (Å²) in [5, 5.41) is 9.66. The molecule has 3 N–H and O–H groups in total. The van der Waals surface area contributed by atoms with E-state index < -0.39 is 0 Å². The first-order valence-corrected chi connectivity index (χ1v) is 11.2. The number of piperazine rings is 1. The Balaban J connectivity index is 0.00000385. The molecule has 8 heteroatoms. The number of carbonyl (C=O) groups is 1. The average Bonchev–Trinajstić information content (AvgIpc) is 2.81. The first kappa shape index (κ1) is 26.8. The Hall–Kier alpha value is -2.49. The minimum absolute atomic E-state index is 0. The summed E-state index contributed by atoms with van der Waals surface area (Å²) < 4.78 is 5.77. The Morgan fingerprint density at radius 1 is 1.12 bits per heavy atom. The van der Waals surface area contributed by atoms with E-state index in [9.17, 15) is 4.79 Å². The van der Waals surface area contributed by atoms with Crippen molar-refractivity contribution in [1.82, 2.24) is 16.0 Å². The molecule has 1 fully saturated rings. The van der Waals surface area contributed by atoms with E-state index in [2.05, 4.69) is 83.0 Å². The zero-order valence-electron chi connectivity index (χ0n) is 19.9. The maximum atomic E-state index is 11.6. The normalized spacial score (nSPS) is 14.9. The first-order chi connectivity index (χ1) is 15.4. The predicted molar refractivity (Wildman–Crippen MR) is 146 cm³/mol. The molecule has 1 atom stereocenters. The van der Waals surface area contributed by atoms with Crippen LogP contribution in [0.3, 0.4) is 0 Å². The van der Waals surface area contributed by atoms with Gasteiger partial charge in [-0.25, -0.2) is 0 Å². The molecule has 1 aliphatic heterocycles. The van der Waals surface area contributed by atoms with Crippen LogP contribution in [-0.2, 0) is 11.3 Å². The highest BCUT2D eigenvalue weighted by molar-refractivity contribution is 14.0. The maximum absolute atomic E-state index is 11.6. The topological polar surface area (TPSA) is 78.0 Å². The van der Waals surface area contributed by atoms with Crippen LogP contribution < -0.4 is 25.6 Å². The number of rotatable bonds is 8. The lowest BCUT2D eigenvalue weighted by molar-refractivity contribution is -0.120. The number of hydrogen-bond acceptors (Lipinski definition) is 4. The number of ether oxygens (including phenoxy) is 1. The molecule has 0 aliphatic carbocycles. The van der Waals surface area contributed by atoms with Gasteiger partial charge in [0.05, 0.1) is 19.2 Å². The fourth-order valence-electron chi connectivity index (χ4n) is 3.47. The zero-order chi connectivity index (χ0) is 22.9. The number of nitrogens with zero attached hydrogens (tertiary/aromatic N) is 2. The van der Waals surface area contributed by atoms with Crippen molar-refractivity contribution in [3.8, 4) is 5.75 Å². The summed E-state index contributed by atoms with van der Waals surface area (Å²) in [4.78, 5) is 18.0. The highest BCUT2D eigenvalue weighted by Gasteiger charge is 2.16. The van der Waals surface area contributed by atoms with Crippen LogP contribution in [0, 0.1) is 5.92 Å². The van der Waals surface area contributed by atoms with E-state index in [4.69, 9.17) is 4.74 Å². The van der Waals surface area contributed by atoms with Crippen LogP contribution in [-0.4, -0.2) is 45.2 Å². The molecule has 0 bridgehead atoms. The van der Waals surface area contributed by atoms with Crippen molar-refractivity contribution in [3.05, 3.63) is 59.7 Å². The monoisotopic (exact) mass is 565 g/mol. The molecule has 7 nitrogen and oxygen atoms in total. The molecule has 33 heavy (non-hydrogen) atoms. The number of carbonyl (C=O) groups excluding carboxylic acids is 1. The van der Waals surface area contributed by atoms with E-state index in [1.54, 1.807) is 7.05 Å². The van der Waals surface area contributed by atoms with Gasteiger partial charge in [-0.05, 0) is 48.2 Å². The fourth-order valence-corrected chi connectivity index (χ4v) is 3.47. The van der Waals surface area contributed by atoms with Crippen molar-refractivity contribution in [2.45, 2.75) is 33.4 Å². The summed E-state index contributed by atoms with van der Waals surface area (Å²) in [6, 6.07) is 16.6. The van der Waals surface area contributed by atoms with Crippen LogP contribution >= 0.6 is 24.0 Å².